The number of halogens is 1. The van der Waals surface area contributed by atoms with Gasteiger partial charge in [-0.2, -0.15) is 0 Å². The number of likely N-dealkylation sites (N-methyl/N-ethyl adjacent to an activating group) is 1. The van der Waals surface area contributed by atoms with Crippen molar-refractivity contribution in [2.75, 3.05) is 24.5 Å². The van der Waals surface area contributed by atoms with Crippen LogP contribution in [0.15, 0.2) is 28.7 Å². The Kier molecular flexibility index (Phi) is 4.24. The summed E-state index contributed by atoms with van der Waals surface area (Å²) in [5.41, 5.74) is 1.31. The van der Waals surface area contributed by atoms with Crippen molar-refractivity contribution in [1.82, 2.24) is 5.32 Å². The number of benzene rings is 1. The summed E-state index contributed by atoms with van der Waals surface area (Å²) in [6.45, 7) is 5.58. The number of nitrogens with one attached hydrogen (secondary N) is 1. The molecular formula is C13H19BrN2. The fraction of sp³-hybridized carbons (Fsp3) is 0.538. The molecule has 0 aliphatic carbocycles. The van der Waals surface area contributed by atoms with Gasteiger partial charge in [0, 0.05) is 29.3 Å². The van der Waals surface area contributed by atoms with E-state index in [-0.39, 0.29) is 0 Å². The first-order valence-electron chi connectivity index (χ1n) is 6.03. The normalized spacial score (nSPS) is 20.0. The molecule has 1 aliphatic heterocycles. The molecule has 1 aliphatic rings. The van der Waals surface area contributed by atoms with Crippen LogP contribution in [0.4, 0.5) is 5.69 Å². The molecule has 0 radical (unpaired) electrons. The number of nitrogens with zero attached hydrogens (tertiary/aromatic N) is 1. The van der Waals surface area contributed by atoms with E-state index in [1.54, 1.807) is 0 Å². The maximum absolute atomic E-state index is 3.55. The maximum Gasteiger partial charge on any atom is 0.0377 e. The Balaban J connectivity index is 2.03. The Bertz CT molecular complexity index is 334. The second-order valence-electron chi connectivity index (χ2n) is 4.31. The summed E-state index contributed by atoms with van der Waals surface area (Å²) >= 11 is 3.53. The number of rotatable bonds is 4. The first-order chi connectivity index (χ1) is 7.79. The lowest BCUT2D eigenvalue weighted by molar-refractivity contribution is 0.586. The highest BCUT2D eigenvalue weighted by atomic mass is 79.9. The van der Waals surface area contributed by atoms with Gasteiger partial charge in [0.25, 0.3) is 0 Å². The quantitative estimate of drug-likeness (QED) is 0.913. The minimum Gasteiger partial charge on any atom is -0.370 e. The second-order valence-corrected chi connectivity index (χ2v) is 5.23. The molecule has 3 heteroatoms. The van der Waals surface area contributed by atoms with Gasteiger partial charge in [0.2, 0.25) is 0 Å². The summed E-state index contributed by atoms with van der Waals surface area (Å²) in [6.07, 6.45) is 2.63. The highest BCUT2D eigenvalue weighted by Crippen LogP contribution is 2.21. The molecule has 0 amide bonds. The molecule has 0 bridgehead atoms. The van der Waals surface area contributed by atoms with E-state index in [9.17, 15) is 0 Å². The molecule has 0 unspecified atom stereocenters. The Morgan fingerprint density at radius 1 is 1.50 bits per heavy atom. The third kappa shape index (κ3) is 2.98. The van der Waals surface area contributed by atoms with Crippen molar-refractivity contribution in [3.05, 3.63) is 28.7 Å². The van der Waals surface area contributed by atoms with Gasteiger partial charge in [0.15, 0.2) is 0 Å². The van der Waals surface area contributed by atoms with Crippen LogP contribution in [0.2, 0.25) is 0 Å². The van der Waals surface area contributed by atoms with Crippen molar-refractivity contribution in [2.45, 2.75) is 25.8 Å². The van der Waals surface area contributed by atoms with Gasteiger partial charge < -0.3 is 10.2 Å². The van der Waals surface area contributed by atoms with E-state index >= 15 is 0 Å². The van der Waals surface area contributed by atoms with Crippen LogP contribution in [0.3, 0.4) is 0 Å². The third-order valence-electron chi connectivity index (χ3n) is 3.16. The van der Waals surface area contributed by atoms with Crippen LogP contribution in [0.5, 0.6) is 0 Å². The van der Waals surface area contributed by atoms with Crippen molar-refractivity contribution < 1.29 is 0 Å². The molecule has 2 nitrogen and oxygen atoms in total. The lowest BCUT2D eigenvalue weighted by atomic mass is 10.2. The van der Waals surface area contributed by atoms with Gasteiger partial charge in [-0.15, -0.1) is 0 Å². The molecule has 0 spiro atoms. The van der Waals surface area contributed by atoms with E-state index in [1.807, 2.05) is 0 Å². The van der Waals surface area contributed by atoms with Gasteiger partial charge in [-0.25, -0.2) is 0 Å². The fourth-order valence-electron chi connectivity index (χ4n) is 2.27. The van der Waals surface area contributed by atoms with E-state index in [0.717, 1.165) is 17.6 Å². The molecule has 1 fully saturated rings. The van der Waals surface area contributed by atoms with E-state index < -0.39 is 0 Å². The first-order valence-corrected chi connectivity index (χ1v) is 6.83. The molecule has 88 valence electrons. The van der Waals surface area contributed by atoms with Crippen LogP contribution in [0.25, 0.3) is 0 Å². The number of hydrogen-bond acceptors (Lipinski definition) is 2. The molecule has 1 N–H and O–H groups in total. The number of anilines is 1. The largest absolute Gasteiger partial charge is 0.370 e. The SMILES string of the molecule is CCN(C[C@@H]1CCCN1)c1cccc(Br)c1. The zero-order chi connectivity index (χ0) is 11.4. The fourth-order valence-corrected chi connectivity index (χ4v) is 2.66. The summed E-state index contributed by atoms with van der Waals surface area (Å²) in [5, 5.41) is 3.55. The molecule has 16 heavy (non-hydrogen) atoms. The maximum atomic E-state index is 3.55. The minimum absolute atomic E-state index is 0.666. The summed E-state index contributed by atoms with van der Waals surface area (Å²) in [6, 6.07) is 9.22. The molecule has 2 rings (SSSR count). The van der Waals surface area contributed by atoms with Crippen molar-refractivity contribution in [3.8, 4) is 0 Å². The monoisotopic (exact) mass is 282 g/mol. The zero-order valence-electron chi connectivity index (χ0n) is 9.75. The molecule has 0 saturated carbocycles. The standard InChI is InChI=1S/C13H19BrN2/c1-2-16(10-12-6-4-8-15-12)13-7-3-5-11(14)9-13/h3,5,7,9,12,15H,2,4,6,8,10H2,1H3/t12-/m0/s1. The Labute approximate surface area is 106 Å². The predicted octanol–water partition coefficient (Wildman–Crippen LogP) is 3.03. The summed E-state index contributed by atoms with van der Waals surface area (Å²) in [5.74, 6) is 0. The smallest absolute Gasteiger partial charge is 0.0377 e. The Morgan fingerprint density at radius 2 is 2.38 bits per heavy atom. The van der Waals surface area contributed by atoms with Gasteiger partial charge in [-0.3, -0.25) is 0 Å². The van der Waals surface area contributed by atoms with Gasteiger partial charge >= 0.3 is 0 Å². The van der Waals surface area contributed by atoms with Crippen molar-refractivity contribution >= 4 is 21.6 Å². The van der Waals surface area contributed by atoms with Gasteiger partial charge in [0.05, 0.1) is 0 Å². The van der Waals surface area contributed by atoms with Gasteiger partial charge in [-0.05, 0) is 44.5 Å². The molecule has 1 saturated heterocycles. The van der Waals surface area contributed by atoms with E-state index in [1.165, 1.54) is 25.1 Å². The van der Waals surface area contributed by atoms with Crippen molar-refractivity contribution in [3.63, 3.8) is 0 Å². The third-order valence-corrected chi connectivity index (χ3v) is 3.65. The Morgan fingerprint density at radius 3 is 3.00 bits per heavy atom. The van der Waals surface area contributed by atoms with E-state index in [0.29, 0.717) is 6.04 Å². The van der Waals surface area contributed by atoms with Crippen LogP contribution < -0.4 is 10.2 Å². The lowest BCUT2D eigenvalue weighted by Crippen LogP contribution is -2.37. The lowest BCUT2D eigenvalue weighted by Gasteiger charge is -2.26. The van der Waals surface area contributed by atoms with Crippen LogP contribution in [-0.4, -0.2) is 25.7 Å². The molecular weight excluding hydrogens is 264 g/mol. The van der Waals surface area contributed by atoms with Crippen molar-refractivity contribution in [2.24, 2.45) is 0 Å². The van der Waals surface area contributed by atoms with Crippen LogP contribution in [0, 0.1) is 0 Å². The summed E-state index contributed by atoms with van der Waals surface area (Å²) in [7, 11) is 0. The average molecular weight is 283 g/mol. The molecule has 1 aromatic rings. The van der Waals surface area contributed by atoms with E-state index in [4.69, 9.17) is 0 Å². The summed E-state index contributed by atoms with van der Waals surface area (Å²) < 4.78 is 1.16. The molecule has 0 aromatic heterocycles. The topological polar surface area (TPSA) is 15.3 Å². The van der Waals surface area contributed by atoms with Crippen molar-refractivity contribution in [1.29, 1.82) is 0 Å². The van der Waals surface area contributed by atoms with Crippen LogP contribution in [0.1, 0.15) is 19.8 Å². The highest BCUT2D eigenvalue weighted by molar-refractivity contribution is 9.10. The molecule has 1 aromatic carbocycles. The van der Waals surface area contributed by atoms with Gasteiger partial charge in [-0.1, -0.05) is 22.0 Å². The Hall–Kier alpha value is -0.540. The predicted molar refractivity (Wildman–Crippen MR) is 73.1 cm³/mol. The minimum atomic E-state index is 0.666. The van der Waals surface area contributed by atoms with Gasteiger partial charge in [0.1, 0.15) is 0 Å². The number of hydrogen-bond donors (Lipinski definition) is 1. The highest BCUT2D eigenvalue weighted by Gasteiger charge is 2.17. The average Bonchev–Trinajstić information content (AvgIpc) is 2.78. The zero-order valence-corrected chi connectivity index (χ0v) is 11.3. The second kappa shape index (κ2) is 5.69. The first kappa shape index (κ1) is 11.9. The van der Waals surface area contributed by atoms with Crippen LogP contribution in [-0.2, 0) is 0 Å². The molecule has 1 heterocycles. The molecule has 1 atom stereocenters. The summed E-state index contributed by atoms with van der Waals surface area (Å²) in [4.78, 5) is 2.44. The van der Waals surface area contributed by atoms with E-state index in [2.05, 4.69) is 57.3 Å². The van der Waals surface area contributed by atoms with Crippen LogP contribution >= 0.6 is 15.9 Å².